The average molecular weight is 603 g/mol. The fraction of sp³-hybridized carbons (Fsp3) is 0.433. The van der Waals surface area contributed by atoms with E-state index in [0.717, 1.165) is 10.8 Å². The number of piperazine rings is 1. The number of rotatable bonds is 5. The van der Waals surface area contributed by atoms with Gasteiger partial charge in [-0.1, -0.05) is 0 Å². The Morgan fingerprint density at radius 2 is 1.70 bits per heavy atom. The van der Waals surface area contributed by atoms with Crippen LogP contribution in [0.15, 0.2) is 47.5 Å². The lowest BCUT2D eigenvalue weighted by Gasteiger charge is -2.44. The van der Waals surface area contributed by atoms with Gasteiger partial charge >= 0.3 is 6.18 Å². The Balaban J connectivity index is 1.59. The number of amides is 1. The minimum Gasteiger partial charge on any atom is -0.378 e. The highest BCUT2D eigenvalue weighted by atomic mass is 19.4. The fourth-order valence-corrected chi connectivity index (χ4v) is 5.53. The van der Waals surface area contributed by atoms with Crippen molar-refractivity contribution in [1.29, 1.82) is 0 Å². The number of ether oxygens (including phenoxy) is 1. The van der Waals surface area contributed by atoms with Crippen molar-refractivity contribution in [2.24, 2.45) is 7.05 Å². The summed E-state index contributed by atoms with van der Waals surface area (Å²) < 4.78 is 63.8. The van der Waals surface area contributed by atoms with Crippen LogP contribution in [0, 0.1) is 5.82 Å². The number of alkyl halides is 3. The number of hydrogen-bond donors (Lipinski definition) is 1. The quantitative estimate of drug-likeness (QED) is 0.438. The van der Waals surface area contributed by atoms with Crippen LogP contribution >= 0.6 is 0 Å². The number of benzene rings is 1. The molecule has 3 aromatic rings. The standard InChI is InChI=1S/C30H34F4N6O3/c1-18-15-40(16-19(2)38(18)4)26-14-24(31)21(20-5-6-35-27(11-20)39-7-9-43-10-8-39)12-25(26)36-29(42)22-17-37(3)28(41)13-23(22)30(32,33)34/h5-6,11-14,17-19H,7-10,15-16H2,1-4H3,(H,36,42). The van der Waals surface area contributed by atoms with E-state index in [0.29, 0.717) is 62.5 Å². The van der Waals surface area contributed by atoms with E-state index in [1.165, 1.54) is 19.2 Å². The van der Waals surface area contributed by atoms with Crippen molar-refractivity contribution in [3.8, 4) is 11.1 Å². The fourth-order valence-electron chi connectivity index (χ4n) is 5.53. The predicted molar refractivity (Wildman–Crippen MR) is 156 cm³/mol. The number of carbonyl (C=O) groups excluding carboxylic acids is 1. The lowest BCUT2D eigenvalue weighted by Crippen LogP contribution is -2.55. The van der Waals surface area contributed by atoms with Gasteiger partial charge in [-0.05, 0) is 50.7 Å². The molecule has 2 unspecified atom stereocenters. The number of carbonyl (C=O) groups is 1. The summed E-state index contributed by atoms with van der Waals surface area (Å²) in [5.41, 5.74) is -1.81. The Bertz CT molecular complexity index is 1560. The third-order valence-electron chi connectivity index (χ3n) is 8.20. The number of nitrogens with zero attached hydrogens (tertiary/aromatic N) is 5. The molecule has 0 spiro atoms. The summed E-state index contributed by atoms with van der Waals surface area (Å²) >= 11 is 0. The van der Waals surface area contributed by atoms with Crippen molar-refractivity contribution < 1.29 is 27.1 Å². The average Bonchev–Trinajstić information content (AvgIpc) is 2.97. The van der Waals surface area contributed by atoms with Gasteiger partial charge in [0.25, 0.3) is 11.5 Å². The summed E-state index contributed by atoms with van der Waals surface area (Å²) in [5.74, 6) is -0.984. The van der Waals surface area contributed by atoms with E-state index in [9.17, 15) is 22.8 Å². The van der Waals surface area contributed by atoms with Gasteiger partial charge in [0.2, 0.25) is 0 Å². The first-order valence-corrected chi connectivity index (χ1v) is 14.0. The molecule has 0 radical (unpaired) electrons. The molecule has 0 aliphatic carbocycles. The molecule has 0 saturated carbocycles. The van der Waals surface area contributed by atoms with Gasteiger partial charge in [0.15, 0.2) is 0 Å². The van der Waals surface area contributed by atoms with Gasteiger partial charge < -0.3 is 24.4 Å². The van der Waals surface area contributed by atoms with E-state index in [-0.39, 0.29) is 23.3 Å². The van der Waals surface area contributed by atoms with E-state index in [1.807, 2.05) is 30.7 Å². The smallest absolute Gasteiger partial charge is 0.378 e. The molecule has 230 valence electrons. The van der Waals surface area contributed by atoms with Crippen molar-refractivity contribution in [1.82, 2.24) is 14.5 Å². The van der Waals surface area contributed by atoms with Crippen LogP contribution in [-0.4, -0.2) is 78.9 Å². The second-order valence-corrected chi connectivity index (χ2v) is 11.1. The zero-order chi connectivity index (χ0) is 31.1. The van der Waals surface area contributed by atoms with E-state index < -0.39 is 34.6 Å². The van der Waals surface area contributed by atoms with E-state index in [2.05, 4.69) is 15.2 Å². The Hall–Kier alpha value is -3.97. The predicted octanol–water partition coefficient (Wildman–Crippen LogP) is 4.22. The number of hydrogen-bond acceptors (Lipinski definition) is 7. The molecule has 13 heteroatoms. The topological polar surface area (TPSA) is 82.9 Å². The first-order chi connectivity index (χ1) is 20.3. The van der Waals surface area contributed by atoms with Crippen molar-refractivity contribution in [2.75, 3.05) is 61.6 Å². The van der Waals surface area contributed by atoms with Crippen LogP contribution in [0.1, 0.15) is 29.8 Å². The molecule has 5 rings (SSSR count). The van der Waals surface area contributed by atoms with Gasteiger partial charge in [-0.2, -0.15) is 13.2 Å². The third kappa shape index (κ3) is 6.37. The van der Waals surface area contributed by atoms with Crippen LogP contribution in [0.3, 0.4) is 0 Å². The van der Waals surface area contributed by atoms with Crippen molar-refractivity contribution in [3.05, 3.63) is 70.0 Å². The van der Waals surface area contributed by atoms with Crippen molar-refractivity contribution >= 4 is 23.1 Å². The Morgan fingerprint density at radius 1 is 1.02 bits per heavy atom. The maximum Gasteiger partial charge on any atom is 0.417 e. The first kappa shape index (κ1) is 30.5. The van der Waals surface area contributed by atoms with Gasteiger partial charge in [0.1, 0.15) is 11.6 Å². The van der Waals surface area contributed by atoms with Gasteiger partial charge in [0.05, 0.1) is 35.7 Å². The van der Waals surface area contributed by atoms with Crippen LogP contribution in [0.25, 0.3) is 11.1 Å². The number of halogens is 4. The largest absolute Gasteiger partial charge is 0.417 e. The Labute approximate surface area is 246 Å². The van der Waals surface area contributed by atoms with Crippen molar-refractivity contribution in [2.45, 2.75) is 32.1 Å². The lowest BCUT2D eigenvalue weighted by molar-refractivity contribution is -0.138. The third-order valence-corrected chi connectivity index (χ3v) is 8.20. The molecular formula is C30H34F4N6O3. The molecule has 1 N–H and O–H groups in total. The molecule has 1 aromatic carbocycles. The summed E-state index contributed by atoms with van der Waals surface area (Å²) in [5, 5.41) is 2.62. The molecule has 2 aliphatic heterocycles. The molecule has 43 heavy (non-hydrogen) atoms. The molecule has 0 bridgehead atoms. The van der Waals surface area contributed by atoms with Crippen molar-refractivity contribution in [3.63, 3.8) is 0 Å². The SMILES string of the molecule is CC1CN(c2cc(F)c(-c3ccnc(N4CCOCC4)c3)cc2NC(=O)c2cn(C)c(=O)cc2C(F)(F)F)CC(C)N1C. The van der Waals surface area contributed by atoms with Gasteiger partial charge in [-0.25, -0.2) is 9.37 Å². The number of anilines is 3. The number of morpholine rings is 1. The maximum absolute atomic E-state index is 15.9. The van der Waals surface area contributed by atoms with Crippen LogP contribution in [0.5, 0.6) is 0 Å². The minimum absolute atomic E-state index is 0.0896. The summed E-state index contributed by atoms with van der Waals surface area (Å²) in [4.78, 5) is 36.0. The number of likely N-dealkylation sites (N-methyl/N-ethyl adjacent to an activating group) is 1. The summed E-state index contributed by atoms with van der Waals surface area (Å²) in [6, 6.07) is 6.73. The van der Waals surface area contributed by atoms with Gasteiger partial charge in [-0.3, -0.25) is 14.5 Å². The van der Waals surface area contributed by atoms with E-state index in [1.54, 1.807) is 18.3 Å². The first-order valence-electron chi connectivity index (χ1n) is 14.0. The molecule has 2 saturated heterocycles. The van der Waals surface area contributed by atoms with Crippen LogP contribution < -0.4 is 20.7 Å². The molecule has 1 amide bonds. The minimum atomic E-state index is -4.94. The highest BCUT2D eigenvalue weighted by Gasteiger charge is 2.37. The maximum atomic E-state index is 15.9. The molecule has 2 fully saturated rings. The van der Waals surface area contributed by atoms with Crippen LogP contribution in [0.4, 0.5) is 34.8 Å². The number of nitrogens with one attached hydrogen (secondary N) is 1. The van der Waals surface area contributed by atoms with E-state index >= 15 is 4.39 Å². The Morgan fingerprint density at radius 3 is 2.35 bits per heavy atom. The summed E-state index contributed by atoms with van der Waals surface area (Å²) in [6.45, 7) is 7.39. The molecule has 9 nitrogen and oxygen atoms in total. The van der Waals surface area contributed by atoms with Gasteiger partial charge in [-0.15, -0.1) is 0 Å². The molecule has 4 heterocycles. The second-order valence-electron chi connectivity index (χ2n) is 11.1. The normalized spacial score (nSPS) is 19.9. The molecule has 2 aliphatic rings. The number of aromatic nitrogens is 2. The number of pyridine rings is 2. The van der Waals surface area contributed by atoms with Crippen LogP contribution in [-0.2, 0) is 18.0 Å². The number of aryl methyl sites for hydroxylation is 1. The van der Waals surface area contributed by atoms with Crippen LogP contribution in [0.2, 0.25) is 0 Å². The summed E-state index contributed by atoms with van der Waals surface area (Å²) in [6.07, 6.45) is -2.51. The van der Waals surface area contributed by atoms with E-state index in [4.69, 9.17) is 4.74 Å². The van der Waals surface area contributed by atoms with Gasteiger partial charge in [0, 0.05) is 69.3 Å². The monoisotopic (exact) mass is 602 g/mol. The molecule has 2 aromatic heterocycles. The zero-order valence-electron chi connectivity index (χ0n) is 24.4. The highest BCUT2D eigenvalue weighted by Crippen LogP contribution is 2.38. The lowest BCUT2D eigenvalue weighted by atomic mass is 10.0. The second kappa shape index (κ2) is 12.0. The molecule has 2 atom stereocenters. The Kier molecular flexibility index (Phi) is 8.48. The molecular weight excluding hydrogens is 568 g/mol. The zero-order valence-corrected chi connectivity index (χ0v) is 24.4. The summed E-state index contributed by atoms with van der Waals surface area (Å²) in [7, 11) is 3.26. The highest BCUT2D eigenvalue weighted by molar-refractivity contribution is 6.07.